The number of anilines is 1. The topological polar surface area (TPSA) is 83.6 Å². The zero-order chi connectivity index (χ0) is 15.6. The van der Waals surface area contributed by atoms with Crippen LogP contribution in [-0.2, 0) is 9.59 Å². The molecule has 5 heteroatoms. The van der Waals surface area contributed by atoms with Gasteiger partial charge in [-0.05, 0) is 25.0 Å². The predicted octanol–water partition coefficient (Wildman–Crippen LogP) is 1.97. The minimum atomic E-state index is -0.846. The van der Waals surface area contributed by atoms with Crippen molar-refractivity contribution < 1.29 is 14.7 Å². The second-order valence-electron chi connectivity index (χ2n) is 5.89. The number of amides is 1. The molecule has 0 saturated carbocycles. The summed E-state index contributed by atoms with van der Waals surface area (Å²) in [5, 5.41) is 9.05. The average Bonchev–Trinajstić information content (AvgIpc) is 2.84. The van der Waals surface area contributed by atoms with Crippen LogP contribution in [0.1, 0.15) is 38.2 Å². The largest absolute Gasteiger partial charge is 0.481 e. The molecule has 2 rings (SSSR count). The molecule has 5 nitrogen and oxygen atoms in total. The fraction of sp³-hybridized carbons (Fsp3) is 0.500. The minimum Gasteiger partial charge on any atom is -0.481 e. The quantitative estimate of drug-likeness (QED) is 0.868. The molecule has 1 aliphatic rings. The van der Waals surface area contributed by atoms with E-state index in [0.29, 0.717) is 13.0 Å². The fourth-order valence-corrected chi connectivity index (χ4v) is 2.78. The van der Waals surface area contributed by atoms with E-state index in [9.17, 15) is 9.59 Å². The molecule has 2 atom stereocenters. The summed E-state index contributed by atoms with van der Waals surface area (Å²) in [6.45, 7) is 4.51. The number of aliphatic carboxylic acids is 1. The van der Waals surface area contributed by atoms with Crippen LogP contribution in [-0.4, -0.2) is 30.1 Å². The highest BCUT2D eigenvalue weighted by molar-refractivity contribution is 5.99. The molecule has 0 fully saturated rings. The Hall–Kier alpha value is -1.88. The number of rotatable bonds is 5. The van der Waals surface area contributed by atoms with E-state index in [2.05, 4.69) is 0 Å². The van der Waals surface area contributed by atoms with Gasteiger partial charge in [-0.15, -0.1) is 0 Å². The zero-order valence-corrected chi connectivity index (χ0v) is 12.5. The lowest BCUT2D eigenvalue weighted by Crippen LogP contribution is -2.46. The number of carboxylic acid groups (broad SMARTS) is 1. The van der Waals surface area contributed by atoms with Gasteiger partial charge in [0, 0.05) is 24.7 Å². The number of carbonyl (C=O) groups excluding carboxylic acids is 1. The number of para-hydroxylation sites is 1. The van der Waals surface area contributed by atoms with E-state index in [1.807, 2.05) is 38.1 Å². The SMILES string of the molecule is CCC(C)(CN)C(=O)N1CC(CC(=O)O)c2ccccc21. The van der Waals surface area contributed by atoms with E-state index in [4.69, 9.17) is 10.8 Å². The third-order valence-corrected chi connectivity index (χ3v) is 4.48. The molecule has 1 heterocycles. The lowest BCUT2D eigenvalue weighted by Gasteiger charge is -2.31. The standard InChI is InChI=1S/C16H22N2O3/c1-3-16(2,10-17)15(21)18-9-11(8-14(19)20)12-6-4-5-7-13(12)18/h4-7,11H,3,8-10,17H2,1-2H3,(H,19,20). The second-order valence-corrected chi connectivity index (χ2v) is 5.89. The first-order valence-electron chi connectivity index (χ1n) is 7.25. The van der Waals surface area contributed by atoms with Crippen molar-refractivity contribution in [2.75, 3.05) is 18.0 Å². The number of carboxylic acids is 1. The van der Waals surface area contributed by atoms with Gasteiger partial charge in [-0.25, -0.2) is 0 Å². The van der Waals surface area contributed by atoms with Gasteiger partial charge >= 0.3 is 5.97 Å². The molecule has 2 unspecified atom stereocenters. The van der Waals surface area contributed by atoms with Crippen LogP contribution in [0.4, 0.5) is 5.69 Å². The van der Waals surface area contributed by atoms with Crippen LogP contribution in [0.3, 0.4) is 0 Å². The van der Waals surface area contributed by atoms with Crippen molar-refractivity contribution >= 4 is 17.6 Å². The van der Waals surface area contributed by atoms with Gasteiger partial charge in [0.2, 0.25) is 5.91 Å². The smallest absolute Gasteiger partial charge is 0.304 e. The summed E-state index contributed by atoms with van der Waals surface area (Å²) in [5.41, 5.74) is 6.93. The maximum atomic E-state index is 12.8. The number of carbonyl (C=O) groups is 2. The molecular formula is C16H22N2O3. The summed E-state index contributed by atoms with van der Waals surface area (Å²) in [6, 6.07) is 7.53. The third-order valence-electron chi connectivity index (χ3n) is 4.48. The Morgan fingerprint density at radius 1 is 1.43 bits per heavy atom. The van der Waals surface area contributed by atoms with Crippen molar-refractivity contribution in [3.05, 3.63) is 29.8 Å². The van der Waals surface area contributed by atoms with E-state index >= 15 is 0 Å². The van der Waals surface area contributed by atoms with Gasteiger partial charge in [-0.3, -0.25) is 9.59 Å². The highest BCUT2D eigenvalue weighted by atomic mass is 16.4. The van der Waals surface area contributed by atoms with E-state index in [-0.39, 0.29) is 24.8 Å². The fourth-order valence-electron chi connectivity index (χ4n) is 2.78. The lowest BCUT2D eigenvalue weighted by atomic mass is 9.86. The molecule has 0 aliphatic carbocycles. The number of nitrogens with two attached hydrogens (primary N) is 1. The van der Waals surface area contributed by atoms with E-state index < -0.39 is 11.4 Å². The van der Waals surface area contributed by atoms with Crippen LogP contribution in [0, 0.1) is 5.41 Å². The molecule has 114 valence electrons. The van der Waals surface area contributed by atoms with Crippen LogP contribution in [0.2, 0.25) is 0 Å². The van der Waals surface area contributed by atoms with Gasteiger partial charge in [0.1, 0.15) is 0 Å². The van der Waals surface area contributed by atoms with Crippen molar-refractivity contribution in [1.82, 2.24) is 0 Å². The molecule has 1 amide bonds. The maximum absolute atomic E-state index is 12.8. The molecular weight excluding hydrogens is 268 g/mol. The summed E-state index contributed by atoms with van der Waals surface area (Å²) in [4.78, 5) is 25.6. The molecule has 0 saturated heterocycles. The van der Waals surface area contributed by atoms with Gasteiger partial charge in [-0.1, -0.05) is 25.1 Å². The van der Waals surface area contributed by atoms with Crippen LogP contribution >= 0.6 is 0 Å². The number of hydrogen-bond donors (Lipinski definition) is 2. The predicted molar refractivity (Wildman–Crippen MR) is 81.2 cm³/mol. The normalized spacial score (nSPS) is 20.0. The summed E-state index contributed by atoms with van der Waals surface area (Å²) in [5.74, 6) is -1.02. The van der Waals surface area contributed by atoms with E-state index in [0.717, 1.165) is 11.3 Å². The van der Waals surface area contributed by atoms with Crippen molar-refractivity contribution in [2.45, 2.75) is 32.6 Å². The Kier molecular flexibility index (Phi) is 4.32. The summed E-state index contributed by atoms with van der Waals surface area (Å²) in [7, 11) is 0. The third kappa shape index (κ3) is 2.78. The highest BCUT2D eigenvalue weighted by Gasteiger charge is 2.40. The zero-order valence-electron chi connectivity index (χ0n) is 12.5. The van der Waals surface area contributed by atoms with Gasteiger partial charge in [0.05, 0.1) is 11.8 Å². The maximum Gasteiger partial charge on any atom is 0.304 e. The molecule has 0 bridgehead atoms. The monoisotopic (exact) mass is 290 g/mol. The van der Waals surface area contributed by atoms with E-state index in [1.165, 1.54) is 0 Å². The van der Waals surface area contributed by atoms with Gasteiger partial charge in [0.25, 0.3) is 0 Å². The molecule has 1 aliphatic heterocycles. The van der Waals surface area contributed by atoms with Crippen LogP contribution < -0.4 is 10.6 Å². The number of benzene rings is 1. The minimum absolute atomic E-state index is 0.0205. The Bertz CT molecular complexity index is 552. The molecule has 0 radical (unpaired) electrons. The van der Waals surface area contributed by atoms with Crippen molar-refractivity contribution in [2.24, 2.45) is 11.1 Å². The first-order chi connectivity index (χ1) is 9.92. The molecule has 1 aromatic carbocycles. The summed E-state index contributed by atoms with van der Waals surface area (Å²) < 4.78 is 0. The molecule has 1 aromatic rings. The Balaban J connectivity index is 2.35. The van der Waals surface area contributed by atoms with Gasteiger partial charge in [0.15, 0.2) is 0 Å². The van der Waals surface area contributed by atoms with Gasteiger partial charge in [-0.2, -0.15) is 0 Å². The number of fused-ring (bicyclic) bond motifs is 1. The first kappa shape index (κ1) is 15.5. The van der Waals surface area contributed by atoms with E-state index in [1.54, 1.807) is 4.90 Å². The Morgan fingerprint density at radius 2 is 2.10 bits per heavy atom. The van der Waals surface area contributed by atoms with Crippen LogP contribution in [0.25, 0.3) is 0 Å². The van der Waals surface area contributed by atoms with Crippen molar-refractivity contribution in [1.29, 1.82) is 0 Å². The van der Waals surface area contributed by atoms with Crippen LogP contribution in [0.5, 0.6) is 0 Å². The molecule has 21 heavy (non-hydrogen) atoms. The lowest BCUT2D eigenvalue weighted by molar-refractivity contribution is -0.137. The molecule has 3 N–H and O–H groups in total. The first-order valence-corrected chi connectivity index (χ1v) is 7.25. The van der Waals surface area contributed by atoms with Crippen molar-refractivity contribution in [3.8, 4) is 0 Å². The number of nitrogens with zero attached hydrogens (tertiary/aromatic N) is 1. The second kappa shape index (κ2) is 5.85. The number of hydrogen-bond acceptors (Lipinski definition) is 3. The highest BCUT2D eigenvalue weighted by Crippen LogP contribution is 2.40. The Morgan fingerprint density at radius 3 is 2.67 bits per heavy atom. The Labute approximate surface area is 124 Å². The molecule has 0 spiro atoms. The van der Waals surface area contributed by atoms with Crippen LogP contribution in [0.15, 0.2) is 24.3 Å². The summed E-state index contributed by atoms with van der Waals surface area (Å²) in [6.07, 6.45) is 0.691. The van der Waals surface area contributed by atoms with Gasteiger partial charge < -0.3 is 15.7 Å². The summed E-state index contributed by atoms with van der Waals surface area (Å²) >= 11 is 0. The van der Waals surface area contributed by atoms with Crippen molar-refractivity contribution in [3.63, 3.8) is 0 Å². The molecule has 0 aromatic heterocycles. The average molecular weight is 290 g/mol.